The number of aliphatic hydroxyl groups excluding tert-OH is 1. The number of aromatic nitrogens is 1. The van der Waals surface area contributed by atoms with Crippen molar-refractivity contribution in [1.29, 1.82) is 0 Å². The van der Waals surface area contributed by atoms with Crippen molar-refractivity contribution < 1.29 is 5.11 Å². The Bertz CT molecular complexity index is 246. The van der Waals surface area contributed by atoms with Crippen molar-refractivity contribution in [2.24, 2.45) is 0 Å². The molecular formula is C9H13BrN2O. The topological polar surface area (TPSA) is 45.1 Å². The van der Waals surface area contributed by atoms with E-state index in [1.54, 1.807) is 6.20 Å². The third-order valence-electron chi connectivity index (χ3n) is 1.81. The molecule has 13 heavy (non-hydrogen) atoms. The molecule has 0 spiro atoms. The molecule has 0 aliphatic heterocycles. The Labute approximate surface area is 86.3 Å². The maximum Gasteiger partial charge on any atom is 0.106 e. The van der Waals surface area contributed by atoms with Crippen LogP contribution >= 0.6 is 15.9 Å². The van der Waals surface area contributed by atoms with E-state index in [0.717, 1.165) is 16.7 Å². The average molecular weight is 245 g/mol. The third-order valence-corrected chi connectivity index (χ3v) is 2.28. The monoisotopic (exact) mass is 244 g/mol. The molecule has 0 bridgehead atoms. The normalized spacial score (nSPS) is 12.5. The highest BCUT2D eigenvalue weighted by Crippen LogP contribution is 2.11. The van der Waals surface area contributed by atoms with Crippen molar-refractivity contribution in [1.82, 2.24) is 4.98 Å². The zero-order chi connectivity index (χ0) is 9.68. The number of halogens is 1. The Kier molecular flexibility index (Phi) is 4.18. The maximum absolute atomic E-state index is 8.95. The molecule has 0 radical (unpaired) electrons. The Hall–Kier alpha value is -0.610. The number of aliphatic hydroxyl groups is 1. The van der Waals surface area contributed by atoms with Gasteiger partial charge in [-0.05, 0) is 34.5 Å². The molecule has 1 atom stereocenters. The van der Waals surface area contributed by atoms with Crippen molar-refractivity contribution in [3.05, 3.63) is 22.9 Å². The summed E-state index contributed by atoms with van der Waals surface area (Å²) in [6, 6.07) is 3.91. The van der Waals surface area contributed by atoms with Crippen LogP contribution in [0.4, 0.5) is 5.69 Å². The Morgan fingerprint density at radius 2 is 2.38 bits per heavy atom. The van der Waals surface area contributed by atoms with E-state index < -0.39 is 0 Å². The molecule has 2 N–H and O–H groups in total. The number of nitrogens with zero attached hydrogens (tertiary/aromatic N) is 1. The Balaban J connectivity index is 2.58. The summed E-state index contributed by atoms with van der Waals surface area (Å²) in [5.74, 6) is 0. The summed E-state index contributed by atoms with van der Waals surface area (Å²) < 4.78 is 0.815. The van der Waals surface area contributed by atoms with Crippen LogP contribution in [0.1, 0.15) is 13.3 Å². The second-order valence-corrected chi connectivity index (χ2v) is 3.61. The van der Waals surface area contributed by atoms with Crippen molar-refractivity contribution in [3.8, 4) is 0 Å². The number of hydrogen-bond acceptors (Lipinski definition) is 3. The summed E-state index contributed by atoms with van der Waals surface area (Å²) in [4.78, 5) is 4.07. The fraction of sp³-hybridized carbons (Fsp3) is 0.444. The van der Waals surface area contributed by atoms with Gasteiger partial charge in [0.25, 0.3) is 0 Å². The van der Waals surface area contributed by atoms with E-state index in [0.29, 0.717) is 0 Å². The molecular weight excluding hydrogens is 232 g/mol. The summed E-state index contributed by atoms with van der Waals surface area (Å²) in [5, 5.41) is 12.1. The standard InChI is InChI=1S/C9H13BrN2O/c1-2-7(6-13)12-8-3-4-9(10)11-5-8/h3-5,7,12-13H,2,6H2,1H3. The van der Waals surface area contributed by atoms with Crippen molar-refractivity contribution in [2.75, 3.05) is 11.9 Å². The molecule has 4 heteroatoms. The molecule has 1 heterocycles. The summed E-state index contributed by atoms with van der Waals surface area (Å²) in [5.41, 5.74) is 0.934. The van der Waals surface area contributed by atoms with Gasteiger partial charge >= 0.3 is 0 Å². The first-order valence-electron chi connectivity index (χ1n) is 4.25. The number of nitrogens with one attached hydrogen (secondary N) is 1. The lowest BCUT2D eigenvalue weighted by molar-refractivity contribution is 0.272. The van der Waals surface area contributed by atoms with Crippen LogP contribution in [-0.2, 0) is 0 Å². The van der Waals surface area contributed by atoms with Crippen LogP contribution in [0.5, 0.6) is 0 Å². The lowest BCUT2D eigenvalue weighted by atomic mass is 10.2. The smallest absolute Gasteiger partial charge is 0.106 e. The van der Waals surface area contributed by atoms with Crippen LogP contribution in [-0.4, -0.2) is 22.7 Å². The van der Waals surface area contributed by atoms with Gasteiger partial charge in [0.15, 0.2) is 0 Å². The summed E-state index contributed by atoms with van der Waals surface area (Å²) in [6.45, 7) is 2.17. The minimum absolute atomic E-state index is 0.114. The highest BCUT2D eigenvalue weighted by atomic mass is 79.9. The SMILES string of the molecule is CCC(CO)Nc1ccc(Br)nc1. The molecule has 1 aromatic rings. The summed E-state index contributed by atoms with van der Waals surface area (Å²) in [7, 11) is 0. The number of anilines is 1. The van der Waals surface area contributed by atoms with E-state index in [9.17, 15) is 0 Å². The van der Waals surface area contributed by atoms with Crippen LogP contribution in [0.2, 0.25) is 0 Å². The number of rotatable bonds is 4. The van der Waals surface area contributed by atoms with Gasteiger partial charge in [0, 0.05) is 6.04 Å². The van der Waals surface area contributed by atoms with Gasteiger partial charge in [0.05, 0.1) is 18.5 Å². The van der Waals surface area contributed by atoms with Gasteiger partial charge in [-0.25, -0.2) is 4.98 Å². The van der Waals surface area contributed by atoms with E-state index in [1.165, 1.54) is 0 Å². The van der Waals surface area contributed by atoms with Gasteiger partial charge in [0.2, 0.25) is 0 Å². The van der Waals surface area contributed by atoms with Gasteiger partial charge in [-0.3, -0.25) is 0 Å². The molecule has 1 rings (SSSR count). The quantitative estimate of drug-likeness (QED) is 0.798. The van der Waals surface area contributed by atoms with Crippen LogP contribution < -0.4 is 5.32 Å². The summed E-state index contributed by atoms with van der Waals surface area (Å²) in [6.07, 6.45) is 2.63. The molecule has 0 aromatic carbocycles. The molecule has 0 amide bonds. The largest absolute Gasteiger partial charge is 0.394 e. The van der Waals surface area contributed by atoms with Crippen LogP contribution in [0, 0.1) is 0 Å². The van der Waals surface area contributed by atoms with E-state index in [2.05, 4.69) is 26.2 Å². The second kappa shape index (κ2) is 5.19. The molecule has 0 fully saturated rings. The lowest BCUT2D eigenvalue weighted by Gasteiger charge is -2.14. The second-order valence-electron chi connectivity index (χ2n) is 2.80. The molecule has 72 valence electrons. The van der Waals surface area contributed by atoms with Gasteiger partial charge < -0.3 is 10.4 Å². The predicted octanol–water partition coefficient (Wildman–Crippen LogP) is 2.03. The van der Waals surface area contributed by atoms with Gasteiger partial charge in [-0.15, -0.1) is 0 Å². The molecule has 0 aliphatic rings. The fourth-order valence-corrected chi connectivity index (χ4v) is 1.21. The zero-order valence-electron chi connectivity index (χ0n) is 7.50. The van der Waals surface area contributed by atoms with E-state index in [1.807, 2.05) is 19.1 Å². The van der Waals surface area contributed by atoms with E-state index in [4.69, 9.17) is 5.11 Å². The first-order chi connectivity index (χ1) is 6.26. The Morgan fingerprint density at radius 1 is 1.62 bits per heavy atom. The van der Waals surface area contributed by atoms with Crippen molar-refractivity contribution in [2.45, 2.75) is 19.4 Å². The molecule has 0 aliphatic carbocycles. The summed E-state index contributed by atoms with van der Waals surface area (Å²) >= 11 is 3.26. The highest BCUT2D eigenvalue weighted by molar-refractivity contribution is 9.10. The molecule has 1 aromatic heterocycles. The van der Waals surface area contributed by atoms with Crippen molar-refractivity contribution in [3.63, 3.8) is 0 Å². The third kappa shape index (κ3) is 3.32. The first kappa shape index (κ1) is 10.5. The minimum atomic E-state index is 0.114. The highest BCUT2D eigenvalue weighted by Gasteiger charge is 2.03. The van der Waals surface area contributed by atoms with Crippen molar-refractivity contribution >= 4 is 21.6 Å². The number of pyridine rings is 1. The maximum atomic E-state index is 8.95. The average Bonchev–Trinajstić information content (AvgIpc) is 2.17. The van der Waals surface area contributed by atoms with Crippen LogP contribution in [0.3, 0.4) is 0 Å². The number of hydrogen-bond donors (Lipinski definition) is 2. The fourth-order valence-electron chi connectivity index (χ4n) is 0.974. The predicted molar refractivity (Wildman–Crippen MR) is 56.7 cm³/mol. The van der Waals surface area contributed by atoms with Crippen LogP contribution in [0.25, 0.3) is 0 Å². The molecule has 1 unspecified atom stereocenters. The zero-order valence-corrected chi connectivity index (χ0v) is 9.08. The van der Waals surface area contributed by atoms with Gasteiger partial charge in [0.1, 0.15) is 4.60 Å². The van der Waals surface area contributed by atoms with Gasteiger partial charge in [-0.1, -0.05) is 6.92 Å². The lowest BCUT2D eigenvalue weighted by Crippen LogP contribution is -2.22. The van der Waals surface area contributed by atoms with Crippen LogP contribution in [0.15, 0.2) is 22.9 Å². The minimum Gasteiger partial charge on any atom is -0.394 e. The first-order valence-corrected chi connectivity index (χ1v) is 5.04. The van der Waals surface area contributed by atoms with E-state index >= 15 is 0 Å². The molecule has 3 nitrogen and oxygen atoms in total. The molecule has 0 saturated carbocycles. The van der Waals surface area contributed by atoms with E-state index in [-0.39, 0.29) is 12.6 Å². The Morgan fingerprint density at radius 3 is 2.85 bits per heavy atom. The molecule has 0 saturated heterocycles. The van der Waals surface area contributed by atoms with Gasteiger partial charge in [-0.2, -0.15) is 0 Å².